The Kier molecular flexibility index (Phi) is 9.69. The normalized spacial score (nSPS) is 11.0. The van der Waals surface area contributed by atoms with Gasteiger partial charge < -0.3 is 4.57 Å². The van der Waals surface area contributed by atoms with E-state index < -0.39 is 0 Å². The van der Waals surface area contributed by atoms with Gasteiger partial charge in [0.05, 0.1) is 40.0 Å². The predicted octanol–water partition coefficient (Wildman–Crippen LogP) is 12.0. The van der Waals surface area contributed by atoms with Crippen LogP contribution in [0.2, 0.25) is 0 Å². The van der Waals surface area contributed by atoms with Crippen LogP contribution in [-0.2, 0) is 0 Å². The van der Waals surface area contributed by atoms with Crippen molar-refractivity contribution in [1.82, 2.24) is 39.5 Å². The van der Waals surface area contributed by atoms with Crippen molar-refractivity contribution in [3.63, 3.8) is 0 Å². The summed E-state index contributed by atoms with van der Waals surface area (Å²) in [4.78, 5) is 34.9. The van der Waals surface area contributed by atoms with E-state index in [0.29, 0.717) is 51.6 Å². The maximum absolute atomic E-state index is 10.0. The number of hydrogen-bond acceptors (Lipinski definition) is 9. The topological polar surface area (TPSA) is 143 Å². The molecule has 0 fully saturated rings. The van der Waals surface area contributed by atoms with Crippen LogP contribution in [0.1, 0.15) is 11.1 Å². The molecule has 0 aliphatic rings. The molecular formula is C55H32N10. The maximum atomic E-state index is 10.0. The zero-order valence-electron chi connectivity index (χ0n) is 34.4. The van der Waals surface area contributed by atoms with E-state index >= 15 is 0 Å². The van der Waals surface area contributed by atoms with Crippen molar-refractivity contribution in [2.45, 2.75) is 0 Å². The first-order chi connectivity index (χ1) is 32.1. The molecule has 4 aromatic heterocycles. The summed E-state index contributed by atoms with van der Waals surface area (Å²) in [5, 5.41) is 21.7. The van der Waals surface area contributed by atoms with Crippen LogP contribution in [0, 0.1) is 22.7 Å². The Bertz CT molecular complexity index is 3480. The number of rotatable bonds is 8. The van der Waals surface area contributed by atoms with Gasteiger partial charge in [0.25, 0.3) is 0 Å². The number of nitrogens with zero attached hydrogens (tertiary/aromatic N) is 10. The van der Waals surface area contributed by atoms with Crippen LogP contribution in [0.3, 0.4) is 0 Å². The molecule has 4 heterocycles. The second kappa shape index (κ2) is 16.4. The minimum Gasteiger partial charge on any atom is -0.309 e. The standard InChI is InChI=1S/C55H32N10/c56-32-35-21-25-47-44(29-35)45-30-36(33-57)22-26-48(45)65(47)49-31-41(54-61-50(37-13-5-1-6-14-37)59-51(62-54)38-15-7-2-8-16-38)23-24-43(49)42-27-28-58-34-46(42)55-63-52(39-17-9-3-10-18-39)60-53(64-55)40-19-11-4-12-20-40/h1-31,34H. The van der Waals surface area contributed by atoms with Gasteiger partial charge in [-0.2, -0.15) is 10.5 Å². The average molecular weight is 833 g/mol. The Morgan fingerprint density at radius 3 is 1.20 bits per heavy atom. The van der Waals surface area contributed by atoms with Gasteiger partial charge >= 0.3 is 0 Å². The summed E-state index contributed by atoms with van der Waals surface area (Å²) in [7, 11) is 0. The van der Waals surface area contributed by atoms with Crippen LogP contribution in [0.4, 0.5) is 0 Å². The van der Waals surface area contributed by atoms with Crippen LogP contribution in [0.15, 0.2) is 194 Å². The summed E-state index contributed by atoms with van der Waals surface area (Å²) in [5.41, 5.74) is 9.98. The van der Waals surface area contributed by atoms with E-state index in [0.717, 1.165) is 66.4 Å². The van der Waals surface area contributed by atoms with Crippen molar-refractivity contribution in [2.75, 3.05) is 0 Å². The van der Waals surface area contributed by atoms with E-state index in [4.69, 9.17) is 29.9 Å². The largest absolute Gasteiger partial charge is 0.309 e. The molecule has 65 heavy (non-hydrogen) atoms. The average Bonchev–Trinajstić information content (AvgIpc) is 3.71. The fraction of sp³-hybridized carbons (Fsp3) is 0. The second-order valence-electron chi connectivity index (χ2n) is 15.3. The van der Waals surface area contributed by atoms with Crippen LogP contribution >= 0.6 is 0 Å². The van der Waals surface area contributed by atoms with Gasteiger partial charge in [-0.3, -0.25) is 4.98 Å². The van der Waals surface area contributed by atoms with E-state index in [9.17, 15) is 10.5 Å². The highest BCUT2D eigenvalue weighted by molar-refractivity contribution is 6.11. The highest BCUT2D eigenvalue weighted by atomic mass is 15.0. The molecule has 11 rings (SSSR count). The summed E-state index contributed by atoms with van der Waals surface area (Å²) in [6, 6.07) is 63.6. The van der Waals surface area contributed by atoms with Gasteiger partial charge in [-0.25, -0.2) is 29.9 Å². The third kappa shape index (κ3) is 7.19. The molecule has 11 aromatic rings. The van der Waals surface area contributed by atoms with Crippen LogP contribution in [0.25, 0.3) is 107 Å². The summed E-state index contributed by atoms with van der Waals surface area (Å²) in [5.74, 6) is 3.08. The van der Waals surface area contributed by atoms with E-state index in [1.54, 1.807) is 12.4 Å². The van der Waals surface area contributed by atoms with Gasteiger partial charge in [0.15, 0.2) is 34.9 Å². The van der Waals surface area contributed by atoms with Gasteiger partial charge in [-0.05, 0) is 54.1 Å². The van der Waals surface area contributed by atoms with Crippen molar-refractivity contribution < 1.29 is 0 Å². The second-order valence-corrected chi connectivity index (χ2v) is 15.3. The minimum atomic E-state index is 0.452. The van der Waals surface area contributed by atoms with Crippen molar-refractivity contribution in [3.8, 4) is 97.3 Å². The molecule has 7 aromatic carbocycles. The van der Waals surface area contributed by atoms with Crippen molar-refractivity contribution in [3.05, 3.63) is 206 Å². The summed E-state index contributed by atoms with van der Waals surface area (Å²) in [6.45, 7) is 0. The van der Waals surface area contributed by atoms with Crippen LogP contribution in [-0.4, -0.2) is 39.5 Å². The molecule has 10 nitrogen and oxygen atoms in total. The molecule has 0 N–H and O–H groups in total. The molecule has 0 atom stereocenters. The molecule has 10 heteroatoms. The lowest BCUT2D eigenvalue weighted by Crippen LogP contribution is -2.04. The monoisotopic (exact) mass is 832 g/mol. The lowest BCUT2D eigenvalue weighted by molar-refractivity contribution is 1.07. The lowest BCUT2D eigenvalue weighted by atomic mass is 9.97. The molecule has 0 amide bonds. The Balaban J connectivity index is 1.20. The van der Waals surface area contributed by atoms with E-state index in [1.807, 2.05) is 170 Å². The maximum Gasteiger partial charge on any atom is 0.166 e. The smallest absolute Gasteiger partial charge is 0.166 e. The molecule has 0 saturated carbocycles. The molecule has 0 unspecified atom stereocenters. The predicted molar refractivity (Wildman–Crippen MR) is 253 cm³/mol. The molecule has 0 saturated heterocycles. The molecule has 0 radical (unpaired) electrons. The molecule has 0 aliphatic heterocycles. The van der Waals surface area contributed by atoms with Crippen molar-refractivity contribution in [2.24, 2.45) is 0 Å². The molecule has 302 valence electrons. The van der Waals surface area contributed by atoms with Crippen molar-refractivity contribution in [1.29, 1.82) is 10.5 Å². The molecular weight excluding hydrogens is 801 g/mol. The number of nitriles is 2. The molecule has 0 bridgehead atoms. The Morgan fingerprint density at radius 2 is 0.769 bits per heavy atom. The van der Waals surface area contributed by atoms with Crippen LogP contribution < -0.4 is 0 Å². The fourth-order valence-electron chi connectivity index (χ4n) is 8.18. The fourth-order valence-corrected chi connectivity index (χ4v) is 8.18. The van der Waals surface area contributed by atoms with Gasteiger partial charge in [-0.1, -0.05) is 133 Å². The van der Waals surface area contributed by atoms with Gasteiger partial charge in [0, 0.05) is 62.1 Å². The third-order valence-electron chi connectivity index (χ3n) is 11.3. The third-order valence-corrected chi connectivity index (χ3v) is 11.3. The molecule has 0 aliphatic carbocycles. The summed E-state index contributed by atoms with van der Waals surface area (Å²) in [6.07, 6.45) is 3.56. The highest BCUT2D eigenvalue weighted by Gasteiger charge is 2.23. The summed E-state index contributed by atoms with van der Waals surface area (Å²) >= 11 is 0. The van der Waals surface area contributed by atoms with E-state index in [1.165, 1.54) is 0 Å². The summed E-state index contributed by atoms with van der Waals surface area (Å²) < 4.78 is 2.17. The Morgan fingerprint density at radius 1 is 0.354 bits per heavy atom. The first kappa shape index (κ1) is 38.4. The highest BCUT2D eigenvalue weighted by Crippen LogP contribution is 2.41. The number of benzene rings is 7. The van der Waals surface area contributed by atoms with Gasteiger partial charge in [-0.15, -0.1) is 0 Å². The first-order valence-corrected chi connectivity index (χ1v) is 20.8. The minimum absolute atomic E-state index is 0.452. The lowest BCUT2D eigenvalue weighted by Gasteiger charge is -2.18. The number of hydrogen-bond donors (Lipinski definition) is 0. The number of aromatic nitrogens is 8. The van der Waals surface area contributed by atoms with Gasteiger partial charge in [0.1, 0.15) is 0 Å². The SMILES string of the molecule is N#Cc1ccc2c(c1)c1cc(C#N)ccc1n2-c1cc(-c2nc(-c3ccccc3)nc(-c3ccccc3)n2)ccc1-c1ccncc1-c1nc(-c2ccccc2)nc(-c2ccccc2)n1. The van der Waals surface area contributed by atoms with Gasteiger partial charge in [0.2, 0.25) is 0 Å². The van der Waals surface area contributed by atoms with E-state index in [2.05, 4.69) is 33.8 Å². The number of pyridine rings is 1. The van der Waals surface area contributed by atoms with E-state index in [-0.39, 0.29) is 0 Å². The molecule has 0 spiro atoms. The zero-order chi connectivity index (χ0) is 43.7. The quantitative estimate of drug-likeness (QED) is 0.146. The Labute approximate surface area is 373 Å². The van der Waals surface area contributed by atoms with Crippen molar-refractivity contribution >= 4 is 21.8 Å². The Hall–Kier alpha value is -9.51. The number of fused-ring (bicyclic) bond motifs is 3. The first-order valence-electron chi connectivity index (χ1n) is 20.8. The van der Waals surface area contributed by atoms with Crippen LogP contribution in [0.5, 0.6) is 0 Å². The zero-order valence-corrected chi connectivity index (χ0v) is 34.4.